The van der Waals surface area contributed by atoms with E-state index in [4.69, 9.17) is 9.47 Å². The molecule has 1 saturated heterocycles. The van der Waals surface area contributed by atoms with Gasteiger partial charge in [0.2, 0.25) is 5.60 Å². The number of benzene rings is 1. The number of thiophene rings is 2. The van der Waals surface area contributed by atoms with Gasteiger partial charge in [-0.25, -0.2) is 9.18 Å². The van der Waals surface area contributed by atoms with Gasteiger partial charge in [-0.1, -0.05) is 12.1 Å². The Morgan fingerprint density at radius 2 is 1.81 bits per heavy atom. The van der Waals surface area contributed by atoms with Crippen molar-refractivity contribution in [1.82, 2.24) is 0 Å². The number of nitrogens with zero attached hydrogens (tertiary/aromatic N) is 1. The molecule has 4 rings (SSSR count). The molecule has 3 aromatic rings. The van der Waals surface area contributed by atoms with Gasteiger partial charge in [0.25, 0.3) is 0 Å². The van der Waals surface area contributed by atoms with Gasteiger partial charge in [-0.05, 0) is 47.2 Å². The van der Waals surface area contributed by atoms with Crippen molar-refractivity contribution in [3.63, 3.8) is 0 Å². The molecule has 0 aliphatic carbocycles. The Bertz CT molecular complexity index is 973. The summed E-state index contributed by atoms with van der Waals surface area (Å²) in [7, 11) is 2.15. The number of hydrogen-bond acceptors (Lipinski definition) is 6. The lowest BCUT2D eigenvalue weighted by molar-refractivity contribution is -0.899. The number of rotatable bonds is 9. The number of carbonyl (C=O) groups excluding carboxylic acids is 1. The Morgan fingerprint density at radius 3 is 2.41 bits per heavy atom. The van der Waals surface area contributed by atoms with Crippen molar-refractivity contribution in [2.75, 3.05) is 33.3 Å². The first kappa shape index (κ1) is 22.9. The number of carbonyl (C=O) groups is 1. The van der Waals surface area contributed by atoms with Gasteiger partial charge in [0.1, 0.15) is 18.1 Å². The Hall–Kier alpha value is -2.26. The lowest BCUT2D eigenvalue weighted by Crippen LogP contribution is -2.45. The SMILES string of the molecule is C[N@+]1(CCCOc2ccc(F)cc2)CCC(OC(=O)C(O)(c2cccs2)c2cccs2)C1. The molecule has 2 aromatic heterocycles. The summed E-state index contributed by atoms with van der Waals surface area (Å²) in [6, 6.07) is 13.2. The molecular formula is C24H27FNO4S2+. The van der Waals surface area contributed by atoms with Crippen LogP contribution in [0.5, 0.6) is 5.75 Å². The van der Waals surface area contributed by atoms with E-state index in [1.807, 2.05) is 22.9 Å². The lowest BCUT2D eigenvalue weighted by atomic mass is 10.00. The molecule has 8 heteroatoms. The van der Waals surface area contributed by atoms with E-state index < -0.39 is 11.6 Å². The molecule has 1 aliphatic heterocycles. The third-order valence-electron chi connectivity index (χ3n) is 5.88. The summed E-state index contributed by atoms with van der Waals surface area (Å²) >= 11 is 2.69. The van der Waals surface area contributed by atoms with E-state index in [1.165, 1.54) is 34.8 Å². The zero-order valence-corrected chi connectivity index (χ0v) is 19.5. The highest BCUT2D eigenvalue weighted by molar-refractivity contribution is 7.12. The third-order valence-corrected chi connectivity index (χ3v) is 7.84. The van der Waals surface area contributed by atoms with Crippen molar-refractivity contribution < 1.29 is 28.2 Å². The van der Waals surface area contributed by atoms with Gasteiger partial charge < -0.3 is 19.1 Å². The van der Waals surface area contributed by atoms with E-state index in [2.05, 4.69) is 7.05 Å². The van der Waals surface area contributed by atoms with Crippen LogP contribution in [-0.2, 0) is 15.1 Å². The number of esters is 1. The topological polar surface area (TPSA) is 55.8 Å². The van der Waals surface area contributed by atoms with Gasteiger partial charge in [0, 0.05) is 12.8 Å². The average Bonchev–Trinajstić information content (AvgIpc) is 3.55. The van der Waals surface area contributed by atoms with Crippen LogP contribution in [0.1, 0.15) is 22.6 Å². The average molecular weight is 477 g/mol. The summed E-state index contributed by atoms with van der Waals surface area (Å²) in [5.41, 5.74) is -1.77. The van der Waals surface area contributed by atoms with Crippen molar-refractivity contribution >= 4 is 28.6 Å². The van der Waals surface area contributed by atoms with Crippen molar-refractivity contribution in [2.24, 2.45) is 0 Å². The largest absolute Gasteiger partial charge is 0.493 e. The predicted molar refractivity (Wildman–Crippen MR) is 123 cm³/mol. The Morgan fingerprint density at radius 1 is 1.16 bits per heavy atom. The molecule has 1 aromatic carbocycles. The van der Waals surface area contributed by atoms with Crippen molar-refractivity contribution in [1.29, 1.82) is 0 Å². The van der Waals surface area contributed by atoms with E-state index in [9.17, 15) is 14.3 Å². The van der Waals surface area contributed by atoms with E-state index in [1.54, 1.807) is 24.3 Å². The minimum Gasteiger partial charge on any atom is -0.493 e. The van der Waals surface area contributed by atoms with Gasteiger partial charge in [0.05, 0.1) is 36.5 Å². The van der Waals surface area contributed by atoms with Crippen LogP contribution in [-0.4, -0.2) is 55.0 Å². The van der Waals surface area contributed by atoms with Gasteiger partial charge in [-0.2, -0.15) is 0 Å². The van der Waals surface area contributed by atoms with E-state index in [0.29, 0.717) is 28.7 Å². The highest BCUT2D eigenvalue weighted by Gasteiger charge is 2.46. The first-order valence-electron chi connectivity index (χ1n) is 10.6. The molecule has 0 amide bonds. The number of aliphatic hydroxyl groups is 1. The lowest BCUT2D eigenvalue weighted by Gasteiger charge is -2.30. The Kier molecular flexibility index (Phi) is 6.95. The minimum absolute atomic E-state index is 0.239. The summed E-state index contributed by atoms with van der Waals surface area (Å²) in [6.07, 6.45) is 1.35. The van der Waals surface area contributed by atoms with Crippen molar-refractivity contribution in [3.8, 4) is 5.75 Å². The summed E-state index contributed by atoms with van der Waals surface area (Å²) < 4.78 is 25.3. The normalized spacial score (nSPS) is 20.9. The second kappa shape index (κ2) is 9.70. The molecule has 3 heterocycles. The summed E-state index contributed by atoms with van der Waals surface area (Å²) in [6.45, 7) is 3.02. The molecule has 1 N–H and O–H groups in total. The van der Waals surface area contributed by atoms with Crippen LogP contribution in [0.15, 0.2) is 59.3 Å². The van der Waals surface area contributed by atoms with Crippen molar-refractivity contribution in [2.45, 2.75) is 24.5 Å². The summed E-state index contributed by atoms with van der Waals surface area (Å²) in [4.78, 5) is 14.3. The quantitative estimate of drug-likeness (QED) is 0.282. The first-order chi connectivity index (χ1) is 15.4. The van der Waals surface area contributed by atoms with E-state index >= 15 is 0 Å². The van der Waals surface area contributed by atoms with Crippen LogP contribution >= 0.6 is 22.7 Å². The maximum Gasteiger partial charge on any atom is 0.349 e. The zero-order valence-electron chi connectivity index (χ0n) is 17.9. The van der Waals surface area contributed by atoms with Gasteiger partial charge >= 0.3 is 5.97 Å². The molecule has 2 atom stereocenters. The molecule has 1 aliphatic rings. The molecule has 0 bridgehead atoms. The number of quaternary nitrogens is 1. The zero-order chi connectivity index (χ0) is 22.6. The highest BCUT2D eigenvalue weighted by Crippen LogP contribution is 2.37. The van der Waals surface area contributed by atoms with E-state index in [0.717, 1.165) is 30.4 Å². The molecule has 1 unspecified atom stereocenters. The predicted octanol–water partition coefficient (Wildman–Crippen LogP) is 4.42. The number of halogens is 1. The number of hydrogen-bond donors (Lipinski definition) is 1. The molecule has 1 fully saturated rings. The van der Waals surface area contributed by atoms with Crippen molar-refractivity contribution in [3.05, 3.63) is 74.9 Å². The first-order valence-corrected chi connectivity index (χ1v) is 12.4. The van der Waals surface area contributed by atoms with Crippen LogP contribution in [0.25, 0.3) is 0 Å². The monoisotopic (exact) mass is 476 g/mol. The number of likely N-dealkylation sites (N-methyl/N-ethyl adjacent to an activating group) is 1. The maximum absolute atomic E-state index is 13.2. The maximum atomic E-state index is 13.2. The third kappa shape index (κ3) is 5.04. The van der Waals surface area contributed by atoms with Crippen LogP contribution in [0, 0.1) is 5.82 Å². The highest BCUT2D eigenvalue weighted by atomic mass is 32.1. The van der Waals surface area contributed by atoms with E-state index in [-0.39, 0.29) is 11.9 Å². The van der Waals surface area contributed by atoms with Crippen LogP contribution in [0.2, 0.25) is 0 Å². The van der Waals surface area contributed by atoms with Crippen LogP contribution in [0.4, 0.5) is 4.39 Å². The van der Waals surface area contributed by atoms with Gasteiger partial charge in [-0.15, -0.1) is 22.7 Å². The van der Waals surface area contributed by atoms with Gasteiger partial charge in [-0.3, -0.25) is 0 Å². The fraction of sp³-hybridized carbons (Fsp3) is 0.375. The molecule has 0 spiro atoms. The van der Waals surface area contributed by atoms with Gasteiger partial charge in [0.15, 0.2) is 6.10 Å². The number of ether oxygens (including phenoxy) is 2. The smallest absolute Gasteiger partial charge is 0.349 e. The summed E-state index contributed by atoms with van der Waals surface area (Å²) in [5.74, 6) is -0.234. The van der Waals surface area contributed by atoms with Crippen LogP contribution < -0.4 is 4.74 Å². The van der Waals surface area contributed by atoms with Crippen LogP contribution in [0.3, 0.4) is 0 Å². The Balaban J connectivity index is 1.31. The molecule has 32 heavy (non-hydrogen) atoms. The second-order valence-corrected chi connectivity index (χ2v) is 10.3. The molecule has 170 valence electrons. The fourth-order valence-electron chi connectivity index (χ4n) is 4.12. The Labute approximate surface area is 195 Å². The second-order valence-electron chi connectivity index (χ2n) is 8.39. The molecule has 5 nitrogen and oxygen atoms in total. The molecule has 0 saturated carbocycles. The standard InChI is InChI=1S/C24H27FNO4S2/c1-26(12-4-14-29-19-9-7-18(25)8-10-19)13-11-20(17-26)30-23(27)24(28,21-5-2-15-31-21)22-6-3-16-32-22/h2-3,5-10,15-16,20,28H,4,11-14,17H2,1H3/q+1/t20?,26-/m0/s1. The molecule has 0 radical (unpaired) electrons. The number of likely N-dealkylation sites (tertiary alicyclic amines) is 1. The minimum atomic E-state index is -1.77. The fourth-order valence-corrected chi connectivity index (χ4v) is 5.84. The molecular weight excluding hydrogens is 449 g/mol. The summed E-state index contributed by atoms with van der Waals surface area (Å²) in [5, 5.41) is 15.1.